The van der Waals surface area contributed by atoms with Gasteiger partial charge in [0, 0.05) is 31.2 Å². The fraction of sp³-hybridized carbons (Fsp3) is 0.520. The zero-order valence-electron chi connectivity index (χ0n) is 17.9. The highest BCUT2D eigenvalue weighted by Gasteiger charge is 2.39. The van der Waals surface area contributed by atoms with Gasteiger partial charge in [-0.3, -0.25) is 9.59 Å². The number of benzene rings is 1. The lowest BCUT2D eigenvalue weighted by atomic mass is 9.90. The number of unbranched alkanes of at least 4 members (excludes halogenated alkanes) is 1. The number of Topliss-reactive ketones (excluding diaryl/α,β-unsaturated/α-hetero) is 1. The second-order valence-electron chi connectivity index (χ2n) is 7.95. The first kappa shape index (κ1) is 24.0. The van der Waals surface area contributed by atoms with Crippen molar-refractivity contribution >= 4 is 11.7 Å². The molecule has 1 saturated carbocycles. The topological polar surface area (TPSA) is 86.6 Å². The number of amides is 1. The van der Waals surface area contributed by atoms with E-state index in [2.05, 4.69) is 5.32 Å². The molecule has 5 heteroatoms. The number of hydrogen-bond acceptors (Lipinski definition) is 4. The molecule has 2 rings (SSSR count). The molecule has 4 atom stereocenters. The number of aliphatic hydroxyl groups excluding tert-OH is 2. The molecule has 1 aliphatic rings. The minimum absolute atomic E-state index is 0.0658. The Hall–Kier alpha value is -2.24. The van der Waals surface area contributed by atoms with Crippen molar-refractivity contribution < 1.29 is 19.8 Å². The molecule has 0 saturated heterocycles. The number of aryl methyl sites for hydroxylation is 1. The molecule has 3 N–H and O–H groups in total. The maximum atomic E-state index is 12.3. The monoisotopic (exact) mass is 413 g/mol. The molecule has 0 unspecified atom stereocenters. The molecule has 1 amide bonds. The van der Waals surface area contributed by atoms with Crippen molar-refractivity contribution in [3.8, 4) is 0 Å². The Labute approximate surface area is 179 Å². The van der Waals surface area contributed by atoms with Crippen LogP contribution >= 0.6 is 0 Å². The summed E-state index contributed by atoms with van der Waals surface area (Å²) in [6, 6.07) is 10.0. The van der Waals surface area contributed by atoms with Crippen LogP contribution in [0.2, 0.25) is 0 Å². The van der Waals surface area contributed by atoms with E-state index in [-0.39, 0.29) is 29.9 Å². The summed E-state index contributed by atoms with van der Waals surface area (Å²) in [7, 11) is 0. The average Bonchev–Trinajstić information content (AvgIpc) is 3.00. The van der Waals surface area contributed by atoms with Gasteiger partial charge in [-0.05, 0) is 44.6 Å². The summed E-state index contributed by atoms with van der Waals surface area (Å²) < 4.78 is 0. The van der Waals surface area contributed by atoms with Crippen molar-refractivity contribution in [3.05, 3.63) is 60.2 Å². The minimum Gasteiger partial charge on any atom is -0.392 e. The molecule has 0 radical (unpaired) electrons. The first-order valence-electron chi connectivity index (χ1n) is 11.0. The Kier molecular flexibility index (Phi) is 10.5. The zero-order valence-corrected chi connectivity index (χ0v) is 17.9. The van der Waals surface area contributed by atoms with Crippen LogP contribution < -0.4 is 5.32 Å². The van der Waals surface area contributed by atoms with Gasteiger partial charge in [-0.15, -0.1) is 0 Å². The van der Waals surface area contributed by atoms with E-state index in [1.54, 1.807) is 6.08 Å². The lowest BCUT2D eigenvalue weighted by Gasteiger charge is -2.16. The highest BCUT2D eigenvalue weighted by molar-refractivity contribution is 5.84. The van der Waals surface area contributed by atoms with Crippen molar-refractivity contribution in [3.63, 3.8) is 0 Å². The molecule has 5 nitrogen and oxygen atoms in total. The van der Waals surface area contributed by atoms with E-state index < -0.39 is 12.2 Å². The van der Waals surface area contributed by atoms with Crippen LogP contribution in [0.1, 0.15) is 51.0 Å². The van der Waals surface area contributed by atoms with Crippen LogP contribution in [0.3, 0.4) is 0 Å². The number of carbonyl (C=O) groups is 2. The van der Waals surface area contributed by atoms with E-state index in [1.165, 1.54) is 5.56 Å². The van der Waals surface area contributed by atoms with Crippen LogP contribution in [-0.4, -0.2) is 40.7 Å². The normalized spacial score (nSPS) is 22.8. The van der Waals surface area contributed by atoms with Crippen LogP contribution in [0.25, 0.3) is 0 Å². The number of rotatable bonds is 12. The molecule has 1 aromatic carbocycles. The van der Waals surface area contributed by atoms with Gasteiger partial charge >= 0.3 is 0 Å². The molecular weight excluding hydrogens is 378 g/mol. The van der Waals surface area contributed by atoms with E-state index >= 15 is 0 Å². The van der Waals surface area contributed by atoms with E-state index in [9.17, 15) is 19.8 Å². The van der Waals surface area contributed by atoms with Crippen molar-refractivity contribution in [2.24, 2.45) is 11.8 Å². The van der Waals surface area contributed by atoms with Crippen LogP contribution in [0, 0.1) is 11.8 Å². The molecule has 0 bridgehead atoms. The largest absolute Gasteiger partial charge is 0.392 e. The van der Waals surface area contributed by atoms with Crippen LogP contribution in [-0.2, 0) is 16.0 Å². The number of hydrogen-bond donors (Lipinski definition) is 3. The Morgan fingerprint density at radius 1 is 1.27 bits per heavy atom. The smallest absolute Gasteiger partial charge is 0.219 e. The molecule has 0 heterocycles. The summed E-state index contributed by atoms with van der Waals surface area (Å²) >= 11 is 0. The minimum atomic E-state index is -0.689. The first-order chi connectivity index (χ1) is 14.5. The van der Waals surface area contributed by atoms with Crippen molar-refractivity contribution in [1.82, 2.24) is 5.32 Å². The predicted octanol–water partition coefficient (Wildman–Crippen LogP) is 3.36. The maximum Gasteiger partial charge on any atom is 0.219 e. The van der Waals surface area contributed by atoms with Gasteiger partial charge in [0.1, 0.15) is 5.78 Å². The quantitative estimate of drug-likeness (QED) is 0.362. The number of aliphatic hydroxyl groups is 2. The standard InChI is InChI=1S/C25H35NO4/c1-2-26-25(30)13-9-4-3-8-12-21-22(24(29)18-23(21)28)17-16-20(27)15-14-19-10-6-5-7-11-19/h3,5-8,10-11,16-17,20-22,24,27,29H,2,4,9,12-15,18H2,1H3,(H,26,30)/t20-,21+,22+,24+/m0/s1. The van der Waals surface area contributed by atoms with Gasteiger partial charge in [0.2, 0.25) is 5.91 Å². The zero-order chi connectivity index (χ0) is 21.8. The lowest BCUT2D eigenvalue weighted by molar-refractivity contribution is -0.121. The van der Waals surface area contributed by atoms with Gasteiger partial charge in [-0.2, -0.15) is 0 Å². The fourth-order valence-electron chi connectivity index (χ4n) is 3.87. The number of nitrogens with one attached hydrogen (secondary N) is 1. The summed E-state index contributed by atoms with van der Waals surface area (Å²) in [5.74, 6) is -0.375. The molecule has 1 aliphatic carbocycles. The molecule has 0 spiro atoms. The first-order valence-corrected chi connectivity index (χ1v) is 11.0. The number of ketones is 1. The SMILES string of the molecule is CCNC(=O)CCCC=CC[C@H]1C(=O)C[C@@H](O)[C@@H]1C=C[C@@H](O)CCc1ccccc1. The van der Waals surface area contributed by atoms with E-state index in [1.807, 2.05) is 55.5 Å². The lowest BCUT2D eigenvalue weighted by Crippen LogP contribution is -2.21. The van der Waals surface area contributed by atoms with E-state index in [4.69, 9.17) is 0 Å². The van der Waals surface area contributed by atoms with Gasteiger partial charge in [0.05, 0.1) is 12.2 Å². The second kappa shape index (κ2) is 13.1. The Morgan fingerprint density at radius 3 is 2.77 bits per heavy atom. The van der Waals surface area contributed by atoms with Crippen molar-refractivity contribution in [2.45, 2.75) is 64.1 Å². The number of carbonyl (C=O) groups excluding carboxylic acids is 2. The third-order valence-corrected chi connectivity index (χ3v) is 5.57. The molecule has 0 aromatic heterocycles. The molecule has 1 fully saturated rings. The maximum absolute atomic E-state index is 12.3. The van der Waals surface area contributed by atoms with Crippen LogP contribution in [0.5, 0.6) is 0 Å². The molecule has 1 aromatic rings. The van der Waals surface area contributed by atoms with E-state index in [0.29, 0.717) is 25.8 Å². The molecule has 30 heavy (non-hydrogen) atoms. The van der Waals surface area contributed by atoms with Crippen LogP contribution in [0.4, 0.5) is 0 Å². The molecule has 0 aliphatic heterocycles. The number of allylic oxidation sites excluding steroid dienone is 2. The van der Waals surface area contributed by atoms with Crippen LogP contribution in [0.15, 0.2) is 54.6 Å². The predicted molar refractivity (Wildman–Crippen MR) is 119 cm³/mol. The van der Waals surface area contributed by atoms with Crippen molar-refractivity contribution in [1.29, 1.82) is 0 Å². The van der Waals surface area contributed by atoms with Gasteiger partial charge in [-0.1, -0.05) is 54.6 Å². The van der Waals surface area contributed by atoms with E-state index in [0.717, 1.165) is 19.3 Å². The Balaban J connectivity index is 1.78. The highest BCUT2D eigenvalue weighted by atomic mass is 16.3. The van der Waals surface area contributed by atoms with Gasteiger partial charge in [0.25, 0.3) is 0 Å². The van der Waals surface area contributed by atoms with Gasteiger partial charge in [-0.25, -0.2) is 0 Å². The Morgan fingerprint density at radius 2 is 2.03 bits per heavy atom. The van der Waals surface area contributed by atoms with Gasteiger partial charge in [0.15, 0.2) is 0 Å². The third-order valence-electron chi connectivity index (χ3n) is 5.57. The molecule has 164 valence electrons. The fourth-order valence-corrected chi connectivity index (χ4v) is 3.87. The summed E-state index contributed by atoms with van der Waals surface area (Å²) in [5.41, 5.74) is 1.18. The Bertz CT molecular complexity index is 713. The highest BCUT2D eigenvalue weighted by Crippen LogP contribution is 2.33. The summed E-state index contributed by atoms with van der Waals surface area (Å²) in [4.78, 5) is 23.7. The summed E-state index contributed by atoms with van der Waals surface area (Å²) in [5, 5.41) is 23.3. The summed E-state index contributed by atoms with van der Waals surface area (Å²) in [6.07, 6.45) is 10.4. The second-order valence-corrected chi connectivity index (χ2v) is 7.95. The summed E-state index contributed by atoms with van der Waals surface area (Å²) in [6.45, 7) is 2.55. The van der Waals surface area contributed by atoms with Gasteiger partial charge < -0.3 is 15.5 Å². The third kappa shape index (κ3) is 8.25. The molecular formula is C25H35NO4. The van der Waals surface area contributed by atoms with Crippen molar-refractivity contribution in [2.75, 3.05) is 6.54 Å². The average molecular weight is 414 g/mol.